The maximum Gasteiger partial charge on any atom is 0.407 e. The molecule has 0 aliphatic carbocycles. The summed E-state index contributed by atoms with van der Waals surface area (Å²) in [4.78, 5) is 18.1. The lowest BCUT2D eigenvalue weighted by atomic mass is 10.1. The Hall–Kier alpha value is -1.62. The molecule has 1 aliphatic rings. The van der Waals surface area contributed by atoms with Crippen molar-refractivity contribution in [3.05, 3.63) is 30.1 Å². The van der Waals surface area contributed by atoms with Gasteiger partial charge >= 0.3 is 6.09 Å². The van der Waals surface area contributed by atoms with Crippen molar-refractivity contribution in [3.8, 4) is 0 Å². The van der Waals surface area contributed by atoms with Crippen LogP contribution in [-0.2, 0) is 11.3 Å². The van der Waals surface area contributed by atoms with Gasteiger partial charge in [-0.05, 0) is 57.4 Å². The average molecular weight is 291 g/mol. The number of rotatable bonds is 4. The molecule has 1 saturated heterocycles. The van der Waals surface area contributed by atoms with Crippen molar-refractivity contribution < 1.29 is 9.53 Å². The molecule has 1 aromatic rings. The topological polar surface area (TPSA) is 54.5 Å². The maximum atomic E-state index is 11.6. The molecule has 1 amide bonds. The second kappa shape index (κ2) is 6.89. The van der Waals surface area contributed by atoms with Gasteiger partial charge in [0.25, 0.3) is 0 Å². The van der Waals surface area contributed by atoms with Crippen LogP contribution in [-0.4, -0.2) is 41.2 Å². The van der Waals surface area contributed by atoms with Crippen molar-refractivity contribution in [2.24, 2.45) is 5.92 Å². The molecule has 1 N–H and O–H groups in total. The number of carbonyl (C=O) groups is 1. The van der Waals surface area contributed by atoms with Gasteiger partial charge in [-0.2, -0.15) is 0 Å². The van der Waals surface area contributed by atoms with Gasteiger partial charge in [-0.25, -0.2) is 4.79 Å². The molecule has 1 aliphatic heterocycles. The maximum absolute atomic E-state index is 11.6. The zero-order valence-electron chi connectivity index (χ0n) is 13.1. The zero-order valence-corrected chi connectivity index (χ0v) is 13.1. The van der Waals surface area contributed by atoms with E-state index < -0.39 is 5.60 Å². The van der Waals surface area contributed by atoms with Crippen LogP contribution in [0.5, 0.6) is 0 Å². The summed E-state index contributed by atoms with van der Waals surface area (Å²) < 4.78 is 5.25. The number of amides is 1. The molecule has 0 radical (unpaired) electrons. The minimum absolute atomic E-state index is 0.324. The largest absolute Gasteiger partial charge is 0.444 e. The Labute approximate surface area is 126 Å². The van der Waals surface area contributed by atoms with Crippen LogP contribution in [0.4, 0.5) is 4.79 Å². The van der Waals surface area contributed by atoms with E-state index in [4.69, 9.17) is 4.74 Å². The molecule has 1 atom stereocenters. The first-order valence-corrected chi connectivity index (χ1v) is 7.50. The monoisotopic (exact) mass is 291 g/mol. The molecule has 1 aromatic heterocycles. The quantitative estimate of drug-likeness (QED) is 0.925. The highest BCUT2D eigenvalue weighted by Crippen LogP contribution is 2.18. The minimum atomic E-state index is -0.437. The van der Waals surface area contributed by atoms with Crippen molar-refractivity contribution in [3.63, 3.8) is 0 Å². The highest BCUT2D eigenvalue weighted by atomic mass is 16.6. The summed E-state index contributed by atoms with van der Waals surface area (Å²) in [6.07, 6.45) is 4.44. The smallest absolute Gasteiger partial charge is 0.407 e. The van der Waals surface area contributed by atoms with E-state index >= 15 is 0 Å². The van der Waals surface area contributed by atoms with Gasteiger partial charge in [0.05, 0.1) is 0 Å². The number of nitrogens with one attached hydrogen (secondary N) is 1. The number of likely N-dealkylation sites (tertiary alicyclic amines) is 1. The summed E-state index contributed by atoms with van der Waals surface area (Å²) in [7, 11) is 0. The summed E-state index contributed by atoms with van der Waals surface area (Å²) in [6.45, 7) is 9.34. The van der Waals surface area contributed by atoms with Gasteiger partial charge in [-0.15, -0.1) is 0 Å². The van der Waals surface area contributed by atoms with Gasteiger partial charge in [0, 0.05) is 32.0 Å². The summed E-state index contributed by atoms with van der Waals surface area (Å²) in [6, 6.07) is 4.10. The molecule has 0 spiro atoms. The van der Waals surface area contributed by atoms with E-state index in [1.807, 2.05) is 45.3 Å². The third-order valence-corrected chi connectivity index (χ3v) is 3.46. The van der Waals surface area contributed by atoms with Crippen molar-refractivity contribution in [2.45, 2.75) is 39.3 Å². The van der Waals surface area contributed by atoms with E-state index in [1.165, 1.54) is 5.56 Å². The highest BCUT2D eigenvalue weighted by molar-refractivity contribution is 5.67. The third kappa shape index (κ3) is 5.71. The zero-order chi connectivity index (χ0) is 15.3. The molecule has 0 bridgehead atoms. The van der Waals surface area contributed by atoms with E-state index in [-0.39, 0.29) is 6.09 Å². The molecule has 21 heavy (non-hydrogen) atoms. The Balaban J connectivity index is 1.69. The van der Waals surface area contributed by atoms with Crippen LogP contribution in [0, 0.1) is 5.92 Å². The number of alkyl carbamates (subject to hydrolysis) is 1. The van der Waals surface area contributed by atoms with E-state index in [0.717, 1.165) is 26.1 Å². The van der Waals surface area contributed by atoms with Crippen LogP contribution < -0.4 is 5.32 Å². The fraction of sp³-hybridized carbons (Fsp3) is 0.625. The second-order valence-electron chi connectivity index (χ2n) is 6.63. The first kappa shape index (κ1) is 15.8. The Morgan fingerprint density at radius 1 is 1.43 bits per heavy atom. The second-order valence-corrected chi connectivity index (χ2v) is 6.63. The first-order valence-electron chi connectivity index (χ1n) is 7.50. The molecule has 5 heteroatoms. The lowest BCUT2D eigenvalue weighted by molar-refractivity contribution is 0.0519. The van der Waals surface area contributed by atoms with Crippen molar-refractivity contribution in [2.75, 3.05) is 19.6 Å². The fourth-order valence-corrected chi connectivity index (χ4v) is 2.51. The van der Waals surface area contributed by atoms with Gasteiger partial charge in [-0.3, -0.25) is 9.88 Å². The lowest BCUT2D eigenvalue weighted by Crippen LogP contribution is -2.35. The van der Waals surface area contributed by atoms with E-state index in [0.29, 0.717) is 12.5 Å². The molecule has 0 aromatic carbocycles. The molecular formula is C16H25N3O2. The number of hydrogen-bond donors (Lipinski definition) is 1. The number of nitrogens with zero attached hydrogens (tertiary/aromatic N) is 2. The normalized spacial score (nSPS) is 19.5. The molecule has 1 fully saturated rings. The molecule has 116 valence electrons. The van der Waals surface area contributed by atoms with E-state index in [1.54, 1.807) is 0 Å². The predicted molar refractivity (Wildman–Crippen MR) is 81.9 cm³/mol. The van der Waals surface area contributed by atoms with Gasteiger partial charge in [0.1, 0.15) is 5.60 Å². The molecule has 5 nitrogen and oxygen atoms in total. The number of hydrogen-bond acceptors (Lipinski definition) is 4. The van der Waals surface area contributed by atoms with E-state index in [9.17, 15) is 4.79 Å². The average Bonchev–Trinajstić information content (AvgIpc) is 2.83. The van der Waals surface area contributed by atoms with Gasteiger partial charge in [0.2, 0.25) is 0 Å². The Bertz CT molecular complexity index is 456. The summed E-state index contributed by atoms with van der Waals surface area (Å²) in [5.74, 6) is 0.499. The third-order valence-electron chi connectivity index (χ3n) is 3.46. The standard InChI is InChI=1S/C16H25N3O2/c1-16(2,3)21-15(20)18-10-14-6-9-19(12-14)11-13-4-7-17-8-5-13/h4-5,7-8,14H,6,9-12H2,1-3H3,(H,18,20)/t14-/m1/s1. The van der Waals surface area contributed by atoms with E-state index in [2.05, 4.69) is 15.2 Å². The minimum Gasteiger partial charge on any atom is -0.444 e. The summed E-state index contributed by atoms with van der Waals surface area (Å²) >= 11 is 0. The van der Waals surface area contributed by atoms with Gasteiger partial charge in [-0.1, -0.05) is 0 Å². The lowest BCUT2D eigenvalue weighted by Gasteiger charge is -2.21. The number of aromatic nitrogens is 1. The fourth-order valence-electron chi connectivity index (χ4n) is 2.51. The number of pyridine rings is 1. The Morgan fingerprint density at radius 2 is 2.14 bits per heavy atom. The van der Waals surface area contributed by atoms with Gasteiger partial charge < -0.3 is 10.1 Å². The highest BCUT2D eigenvalue weighted by Gasteiger charge is 2.24. The SMILES string of the molecule is CC(C)(C)OC(=O)NC[C@H]1CCN(Cc2ccncc2)C1. The van der Waals surface area contributed by atoms with Crippen molar-refractivity contribution >= 4 is 6.09 Å². The van der Waals surface area contributed by atoms with Crippen LogP contribution >= 0.6 is 0 Å². The summed E-state index contributed by atoms with van der Waals surface area (Å²) in [5, 5.41) is 2.87. The van der Waals surface area contributed by atoms with Crippen LogP contribution in [0.1, 0.15) is 32.8 Å². The van der Waals surface area contributed by atoms with Crippen molar-refractivity contribution in [1.29, 1.82) is 0 Å². The predicted octanol–water partition coefficient (Wildman–Crippen LogP) is 2.43. The first-order chi connectivity index (χ1) is 9.92. The Morgan fingerprint density at radius 3 is 2.81 bits per heavy atom. The van der Waals surface area contributed by atoms with Crippen LogP contribution in [0.2, 0.25) is 0 Å². The molecule has 0 saturated carbocycles. The van der Waals surface area contributed by atoms with Crippen LogP contribution in [0.25, 0.3) is 0 Å². The molecular weight excluding hydrogens is 266 g/mol. The van der Waals surface area contributed by atoms with Crippen LogP contribution in [0.3, 0.4) is 0 Å². The summed E-state index contributed by atoms with van der Waals surface area (Å²) in [5.41, 5.74) is 0.846. The number of carbonyl (C=O) groups excluding carboxylic acids is 1. The van der Waals surface area contributed by atoms with Crippen molar-refractivity contribution in [1.82, 2.24) is 15.2 Å². The van der Waals surface area contributed by atoms with Crippen LogP contribution in [0.15, 0.2) is 24.5 Å². The number of ether oxygens (including phenoxy) is 1. The molecule has 2 rings (SSSR count). The van der Waals surface area contributed by atoms with Gasteiger partial charge in [0.15, 0.2) is 0 Å². The molecule has 0 unspecified atom stereocenters. The molecule has 2 heterocycles. The Kier molecular flexibility index (Phi) is 5.17.